The van der Waals surface area contributed by atoms with E-state index in [0.717, 1.165) is 47.4 Å². The summed E-state index contributed by atoms with van der Waals surface area (Å²) in [6, 6.07) is 6.65. The van der Waals surface area contributed by atoms with Gasteiger partial charge in [-0.15, -0.1) is 0 Å². The van der Waals surface area contributed by atoms with Crippen LogP contribution in [0.1, 0.15) is 36.1 Å². The van der Waals surface area contributed by atoms with Gasteiger partial charge in [-0.3, -0.25) is 14.6 Å². The van der Waals surface area contributed by atoms with Crippen LogP contribution in [0.4, 0.5) is 0 Å². The summed E-state index contributed by atoms with van der Waals surface area (Å²) < 4.78 is 0. The molecule has 2 aliphatic heterocycles. The SMILES string of the molecule is Cc1ccc(C)c2c(=O)cc(CN3CCN4CCCC[C@H]4C3)[nH]c12. The van der Waals surface area contributed by atoms with Gasteiger partial charge in [-0.2, -0.15) is 0 Å². The van der Waals surface area contributed by atoms with E-state index in [0.29, 0.717) is 6.04 Å². The number of pyridine rings is 1. The summed E-state index contributed by atoms with van der Waals surface area (Å²) >= 11 is 0. The topological polar surface area (TPSA) is 39.3 Å². The average Bonchev–Trinajstić information content (AvgIpc) is 2.58. The molecule has 0 bridgehead atoms. The fraction of sp³-hybridized carbons (Fsp3) is 0.550. The number of nitrogens with one attached hydrogen (secondary N) is 1. The molecule has 2 saturated heterocycles. The molecule has 0 saturated carbocycles. The third-order valence-electron chi connectivity index (χ3n) is 5.77. The maximum Gasteiger partial charge on any atom is 0.189 e. The number of hydrogen-bond acceptors (Lipinski definition) is 3. The molecule has 0 amide bonds. The van der Waals surface area contributed by atoms with Crippen LogP contribution in [0, 0.1) is 13.8 Å². The first-order valence-electron chi connectivity index (χ1n) is 9.20. The second-order valence-electron chi connectivity index (χ2n) is 7.53. The number of benzene rings is 1. The third kappa shape index (κ3) is 2.89. The highest BCUT2D eigenvalue weighted by Gasteiger charge is 2.28. The lowest BCUT2D eigenvalue weighted by Crippen LogP contribution is -2.54. The van der Waals surface area contributed by atoms with E-state index in [1.807, 2.05) is 19.1 Å². The van der Waals surface area contributed by atoms with Crippen LogP contribution in [-0.2, 0) is 6.54 Å². The largest absolute Gasteiger partial charge is 0.357 e. The van der Waals surface area contributed by atoms with E-state index >= 15 is 0 Å². The number of fused-ring (bicyclic) bond motifs is 2. The lowest BCUT2D eigenvalue weighted by Gasteiger charge is -2.44. The van der Waals surface area contributed by atoms with Gasteiger partial charge in [0.25, 0.3) is 0 Å². The molecule has 2 aromatic rings. The van der Waals surface area contributed by atoms with Crippen LogP contribution in [0.15, 0.2) is 23.0 Å². The molecule has 0 unspecified atom stereocenters. The number of hydrogen-bond donors (Lipinski definition) is 1. The summed E-state index contributed by atoms with van der Waals surface area (Å²) in [4.78, 5) is 21.3. The molecular formula is C20H27N3O. The van der Waals surface area contributed by atoms with Crippen molar-refractivity contribution in [3.05, 3.63) is 45.2 Å². The van der Waals surface area contributed by atoms with Crippen LogP contribution in [0.2, 0.25) is 0 Å². The van der Waals surface area contributed by atoms with Crippen LogP contribution in [-0.4, -0.2) is 47.0 Å². The molecule has 1 N–H and O–H groups in total. The van der Waals surface area contributed by atoms with Crippen LogP contribution in [0.25, 0.3) is 10.9 Å². The minimum absolute atomic E-state index is 0.149. The number of H-pyrrole nitrogens is 1. The number of aromatic nitrogens is 1. The first-order chi connectivity index (χ1) is 11.6. The van der Waals surface area contributed by atoms with E-state index < -0.39 is 0 Å². The minimum atomic E-state index is 0.149. The Kier molecular flexibility index (Phi) is 4.19. The maximum absolute atomic E-state index is 12.6. The quantitative estimate of drug-likeness (QED) is 0.923. The van der Waals surface area contributed by atoms with Crippen molar-refractivity contribution >= 4 is 10.9 Å². The molecule has 2 fully saturated rings. The van der Waals surface area contributed by atoms with Gasteiger partial charge in [-0.1, -0.05) is 18.6 Å². The number of nitrogens with zero attached hydrogens (tertiary/aromatic N) is 2. The highest BCUT2D eigenvalue weighted by atomic mass is 16.1. The predicted octanol–water partition coefficient (Wildman–Crippen LogP) is 2.82. The van der Waals surface area contributed by atoms with Crippen molar-refractivity contribution in [2.75, 3.05) is 26.2 Å². The Bertz CT molecular complexity index is 810. The minimum Gasteiger partial charge on any atom is -0.357 e. The summed E-state index contributed by atoms with van der Waals surface area (Å²) in [6.07, 6.45) is 4.04. The number of rotatable bonds is 2. The summed E-state index contributed by atoms with van der Waals surface area (Å²) in [5, 5.41) is 0.843. The van der Waals surface area contributed by atoms with Crippen LogP contribution in [0.3, 0.4) is 0 Å². The van der Waals surface area contributed by atoms with Gasteiger partial charge in [-0.25, -0.2) is 0 Å². The number of piperidine rings is 1. The van der Waals surface area contributed by atoms with Crippen molar-refractivity contribution in [3.63, 3.8) is 0 Å². The molecule has 0 aliphatic carbocycles. The van der Waals surface area contributed by atoms with Crippen LogP contribution < -0.4 is 5.43 Å². The molecule has 1 aromatic heterocycles. The number of piperazine rings is 1. The molecule has 0 spiro atoms. The van der Waals surface area contributed by atoms with Crippen molar-refractivity contribution in [1.29, 1.82) is 0 Å². The molecule has 128 valence electrons. The molecule has 4 heteroatoms. The molecular weight excluding hydrogens is 298 g/mol. The Morgan fingerprint density at radius 1 is 1.12 bits per heavy atom. The fourth-order valence-electron chi connectivity index (χ4n) is 4.41. The molecule has 1 aromatic carbocycles. The molecule has 1 atom stereocenters. The molecule has 2 aliphatic rings. The highest BCUT2D eigenvalue weighted by molar-refractivity contribution is 5.84. The lowest BCUT2D eigenvalue weighted by molar-refractivity contribution is 0.0451. The predicted molar refractivity (Wildman–Crippen MR) is 98.5 cm³/mol. The second-order valence-corrected chi connectivity index (χ2v) is 7.53. The van der Waals surface area contributed by atoms with Gasteiger partial charge < -0.3 is 4.98 Å². The third-order valence-corrected chi connectivity index (χ3v) is 5.77. The van der Waals surface area contributed by atoms with Crippen molar-refractivity contribution in [2.45, 2.75) is 45.7 Å². The fourth-order valence-corrected chi connectivity index (χ4v) is 4.41. The standard InChI is InChI=1S/C20H27N3O/c1-14-6-7-15(2)20-19(14)18(24)11-16(21-20)12-22-9-10-23-8-4-3-5-17(23)13-22/h6-7,11,17H,3-5,8-10,12-13H2,1-2H3,(H,21,24)/t17-/m0/s1. The Morgan fingerprint density at radius 2 is 1.96 bits per heavy atom. The van der Waals surface area contributed by atoms with E-state index in [1.165, 1.54) is 32.4 Å². The smallest absolute Gasteiger partial charge is 0.189 e. The van der Waals surface area contributed by atoms with Gasteiger partial charge in [-0.05, 0) is 44.4 Å². The monoisotopic (exact) mass is 325 g/mol. The highest BCUT2D eigenvalue weighted by Crippen LogP contribution is 2.22. The van der Waals surface area contributed by atoms with E-state index in [2.05, 4.69) is 27.8 Å². The Labute approximate surface area is 143 Å². The molecule has 4 rings (SSSR count). The van der Waals surface area contributed by atoms with Crippen molar-refractivity contribution in [1.82, 2.24) is 14.8 Å². The van der Waals surface area contributed by atoms with E-state index in [9.17, 15) is 4.79 Å². The molecule has 24 heavy (non-hydrogen) atoms. The van der Waals surface area contributed by atoms with Gasteiger partial charge in [0.1, 0.15) is 0 Å². The van der Waals surface area contributed by atoms with Gasteiger partial charge in [0.15, 0.2) is 5.43 Å². The average molecular weight is 325 g/mol. The normalized spacial score (nSPS) is 22.7. The Morgan fingerprint density at radius 3 is 2.83 bits per heavy atom. The zero-order chi connectivity index (χ0) is 16.7. The zero-order valence-corrected chi connectivity index (χ0v) is 14.8. The van der Waals surface area contributed by atoms with Gasteiger partial charge >= 0.3 is 0 Å². The first-order valence-corrected chi connectivity index (χ1v) is 9.20. The van der Waals surface area contributed by atoms with Gasteiger partial charge in [0, 0.05) is 49.4 Å². The summed E-state index contributed by atoms with van der Waals surface area (Å²) in [6.45, 7) is 9.60. The molecule has 0 radical (unpaired) electrons. The van der Waals surface area contributed by atoms with E-state index in [4.69, 9.17) is 0 Å². The summed E-state index contributed by atoms with van der Waals surface area (Å²) in [5.74, 6) is 0. The molecule has 4 nitrogen and oxygen atoms in total. The maximum atomic E-state index is 12.6. The molecule has 3 heterocycles. The first kappa shape index (κ1) is 15.9. The summed E-state index contributed by atoms with van der Waals surface area (Å²) in [5.41, 5.74) is 4.40. The van der Waals surface area contributed by atoms with Crippen LogP contribution >= 0.6 is 0 Å². The van der Waals surface area contributed by atoms with E-state index in [-0.39, 0.29) is 5.43 Å². The van der Waals surface area contributed by atoms with Crippen molar-refractivity contribution in [3.8, 4) is 0 Å². The summed E-state index contributed by atoms with van der Waals surface area (Å²) in [7, 11) is 0. The van der Waals surface area contributed by atoms with Gasteiger partial charge in [0.2, 0.25) is 0 Å². The Balaban J connectivity index is 1.59. The lowest BCUT2D eigenvalue weighted by atomic mass is 9.99. The van der Waals surface area contributed by atoms with Crippen molar-refractivity contribution < 1.29 is 0 Å². The number of aromatic amines is 1. The van der Waals surface area contributed by atoms with Crippen LogP contribution in [0.5, 0.6) is 0 Å². The number of aryl methyl sites for hydroxylation is 2. The second kappa shape index (κ2) is 6.34. The van der Waals surface area contributed by atoms with Gasteiger partial charge in [0.05, 0.1) is 5.52 Å². The Hall–Kier alpha value is -1.65. The van der Waals surface area contributed by atoms with E-state index in [1.54, 1.807) is 0 Å². The van der Waals surface area contributed by atoms with Crippen molar-refractivity contribution in [2.24, 2.45) is 0 Å². The zero-order valence-electron chi connectivity index (χ0n) is 14.8.